The molecule has 0 aliphatic carbocycles. The summed E-state index contributed by atoms with van der Waals surface area (Å²) in [5.74, 6) is 0. The largest absolute Gasteiger partial charge is 0.298 e. The smallest absolute Gasteiger partial charge is 0.280 e. The van der Waals surface area contributed by atoms with E-state index in [0.717, 1.165) is 6.07 Å². The van der Waals surface area contributed by atoms with Crippen molar-refractivity contribution in [3.05, 3.63) is 28.6 Å². The molecule has 78 valence electrons. The van der Waals surface area contributed by atoms with Crippen molar-refractivity contribution in [1.82, 2.24) is 4.98 Å². The first-order valence-corrected chi connectivity index (χ1v) is 4.99. The lowest BCUT2D eigenvalue weighted by Gasteiger charge is -2.06. The van der Waals surface area contributed by atoms with E-state index in [0.29, 0.717) is 11.8 Å². The van der Waals surface area contributed by atoms with E-state index in [-0.39, 0.29) is 16.6 Å². The zero-order chi connectivity index (χ0) is 11.4. The number of carbonyl (C=O) groups is 1. The van der Waals surface area contributed by atoms with Gasteiger partial charge in [0.15, 0.2) is 12.0 Å². The third-order valence-electron chi connectivity index (χ3n) is 1.76. The maximum absolute atomic E-state index is 12.4. The number of carbonyl (C=O) groups excluding carboxylic acids is 1. The maximum atomic E-state index is 12.4. The van der Waals surface area contributed by atoms with E-state index >= 15 is 0 Å². The lowest BCUT2D eigenvalue weighted by Crippen LogP contribution is -2.02. The first-order chi connectivity index (χ1) is 7.13. The third kappa shape index (κ3) is 2.36. The standard InChI is InChI=1S/C9H5BrF2N2O/c10-2-5-1-7(9(11)12)14-8(3-13)6(5)4-15/h1,4,9H,2H2. The van der Waals surface area contributed by atoms with Crippen LogP contribution in [-0.2, 0) is 5.33 Å². The van der Waals surface area contributed by atoms with E-state index in [2.05, 4.69) is 20.9 Å². The van der Waals surface area contributed by atoms with Crippen LogP contribution in [0.25, 0.3) is 0 Å². The molecule has 0 saturated heterocycles. The quantitative estimate of drug-likeness (QED) is 0.629. The highest BCUT2D eigenvalue weighted by atomic mass is 79.9. The number of pyridine rings is 1. The summed E-state index contributed by atoms with van der Waals surface area (Å²) < 4.78 is 24.7. The van der Waals surface area contributed by atoms with Gasteiger partial charge < -0.3 is 0 Å². The second-order valence-corrected chi connectivity index (χ2v) is 3.19. The third-order valence-corrected chi connectivity index (χ3v) is 2.36. The average molecular weight is 275 g/mol. The van der Waals surface area contributed by atoms with Gasteiger partial charge in [-0.1, -0.05) is 15.9 Å². The molecule has 15 heavy (non-hydrogen) atoms. The van der Waals surface area contributed by atoms with Crippen LogP contribution in [0.2, 0.25) is 0 Å². The molecule has 0 aliphatic rings. The van der Waals surface area contributed by atoms with Crippen molar-refractivity contribution in [3.8, 4) is 6.07 Å². The van der Waals surface area contributed by atoms with Gasteiger partial charge in [-0.05, 0) is 11.6 Å². The highest BCUT2D eigenvalue weighted by Gasteiger charge is 2.16. The van der Waals surface area contributed by atoms with Crippen molar-refractivity contribution in [2.24, 2.45) is 0 Å². The van der Waals surface area contributed by atoms with Gasteiger partial charge in [-0.3, -0.25) is 4.79 Å². The molecular formula is C9H5BrF2N2O. The summed E-state index contributed by atoms with van der Waals surface area (Å²) in [6.07, 6.45) is -2.31. The number of aromatic nitrogens is 1. The summed E-state index contributed by atoms with van der Waals surface area (Å²) in [5.41, 5.74) is -0.366. The molecule has 0 bridgehead atoms. The lowest BCUT2D eigenvalue weighted by molar-refractivity contribution is 0.112. The zero-order valence-electron chi connectivity index (χ0n) is 7.38. The molecule has 0 aliphatic heterocycles. The van der Waals surface area contributed by atoms with E-state index in [1.807, 2.05) is 0 Å². The van der Waals surface area contributed by atoms with Crippen molar-refractivity contribution in [3.63, 3.8) is 0 Å². The number of halogens is 3. The molecule has 3 nitrogen and oxygen atoms in total. The first-order valence-electron chi connectivity index (χ1n) is 3.87. The molecule has 0 amide bonds. The fraction of sp³-hybridized carbons (Fsp3) is 0.222. The van der Waals surface area contributed by atoms with Crippen molar-refractivity contribution < 1.29 is 13.6 Å². The van der Waals surface area contributed by atoms with E-state index in [1.54, 1.807) is 6.07 Å². The number of nitrogens with zero attached hydrogens (tertiary/aromatic N) is 2. The van der Waals surface area contributed by atoms with Crippen molar-refractivity contribution in [2.45, 2.75) is 11.8 Å². The van der Waals surface area contributed by atoms with Gasteiger partial charge in [0.25, 0.3) is 6.43 Å². The highest BCUT2D eigenvalue weighted by Crippen LogP contribution is 2.22. The average Bonchev–Trinajstić information content (AvgIpc) is 2.26. The van der Waals surface area contributed by atoms with E-state index in [4.69, 9.17) is 5.26 Å². The Hall–Kier alpha value is -1.35. The molecule has 6 heteroatoms. The topological polar surface area (TPSA) is 53.8 Å². The summed E-state index contributed by atoms with van der Waals surface area (Å²) in [5, 5.41) is 8.86. The summed E-state index contributed by atoms with van der Waals surface area (Å²) in [7, 11) is 0. The molecule has 1 aromatic rings. The number of hydrogen-bond donors (Lipinski definition) is 0. The molecule has 0 fully saturated rings. The zero-order valence-corrected chi connectivity index (χ0v) is 8.96. The Morgan fingerprint density at radius 3 is 2.73 bits per heavy atom. The van der Waals surface area contributed by atoms with Crippen LogP contribution >= 0.6 is 15.9 Å². The van der Waals surface area contributed by atoms with Gasteiger partial charge in [-0.2, -0.15) is 5.26 Å². The number of aldehydes is 1. The molecule has 0 saturated carbocycles. The maximum Gasteiger partial charge on any atom is 0.280 e. The van der Waals surface area contributed by atoms with E-state index in [1.165, 1.54) is 0 Å². The van der Waals surface area contributed by atoms with E-state index < -0.39 is 12.1 Å². The molecule has 1 rings (SSSR count). The predicted octanol–water partition coefficient (Wildman–Crippen LogP) is 2.60. The Morgan fingerprint density at radius 1 is 1.67 bits per heavy atom. The Morgan fingerprint density at radius 2 is 2.33 bits per heavy atom. The molecule has 0 spiro atoms. The van der Waals surface area contributed by atoms with Gasteiger partial charge in [0.2, 0.25) is 0 Å². The summed E-state index contributed by atoms with van der Waals surface area (Å²) >= 11 is 3.05. The molecule has 1 aromatic heterocycles. The Bertz CT molecular complexity index is 429. The molecule has 0 aromatic carbocycles. The van der Waals surface area contributed by atoms with E-state index in [9.17, 15) is 13.6 Å². The number of nitriles is 1. The Labute approximate surface area is 92.9 Å². The fourth-order valence-electron chi connectivity index (χ4n) is 1.07. The minimum atomic E-state index is -2.75. The molecule has 0 radical (unpaired) electrons. The van der Waals surface area contributed by atoms with Gasteiger partial charge in [-0.25, -0.2) is 13.8 Å². The fourth-order valence-corrected chi connectivity index (χ4v) is 1.53. The molecular weight excluding hydrogens is 270 g/mol. The van der Waals surface area contributed by atoms with Crippen molar-refractivity contribution >= 4 is 22.2 Å². The molecule has 0 N–H and O–H groups in total. The minimum Gasteiger partial charge on any atom is -0.298 e. The highest BCUT2D eigenvalue weighted by molar-refractivity contribution is 9.08. The Balaban J connectivity index is 3.44. The van der Waals surface area contributed by atoms with Gasteiger partial charge in [0.05, 0.1) is 5.56 Å². The van der Waals surface area contributed by atoms with Crippen LogP contribution in [0.15, 0.2) is 6.07 Å². The Kier molecular flexibility index (Phi) is 3.86. The van der Waals surface area contributed by atoms with Crippen LogP contribution < -0.4 is 0 Å². The normalized spacial score (nSPS) is 10.1. The van der Waals surface area contributed by atoms with Crippen LogP contribution in [0.1, 0.15) is 33.7 Å². The lowest BCUT2D eigenvalue weighted by atomic mass is 10.1. The predicted molar refractivity (Wildman–Crippen MR) is 51.9 cm³/mol. The van der Waals surface area contributed by atoms with Gasteiger partial charge in [-0.15, -0.1) is 0 Å². The minimum absolute atomic E-state index is 0.0544. The van der Waals surface area contributed by atoms with Crippen molar-refractivity contribution in [2.75, 3.05) is 0 Å². The van der Waals surface area contributed by atoms with Gasteiger partial charge >= 0.3 is 0 Å². The summed E-state index contributed by atoms with van der Waals surface area (Å²) in [4.78, 5) is 14.1. The van der Waals surface area contributed by atoms with Gasteiger partial charge in [0, 0.05) is 5.33 Å². The second-order valence-electron chi connectivity index (χ2n) is 2.63. The van der Waals surface area contributed by atoms with Gasteiger partial charge in [0.1, 0.15) is 11.8 Å². The monoisotopic (exact) mass is 274 g/mol. The number of alkyl halides is 3. The van der Waals surface area contributed by atoms with Crippen molar-refractivity contribution in [1.29, 1.82) is 5.26 Å². The van der Waals surface area contributed by atoms with Crippen LogP contribution in [0, 0.1) is 11.3 Å². The molecule has 1 heterocycles. The van der Waals surface area contributed by atoms with Crippen LogP contribution in [0.3, 0.4) is 0 Å². The number of hydrogen-bond acceptors (Lipinski definition) is 3. The first kappa shape index (κ1) is 11.7. The molecule has 0 unspecified atom stereocenters. The summed E-state index contributed by atoms with van der Waals surface area (Å²) in [6, 6.07) is 2.74. The number of rotatable bonds is 3. The molecule has 0 atom stereocenters. The van der Waals surface area contributed by atoms with Crippen LogP contribution in [-0.4, -0.2) is 11.3 Å². The SMILES string of the molecule is N#Cc1nc(C(F)F)cc(CBr)c1C=O. The second kappa shape index (κ2) is 4.94. The summed E-state index contributed by atoms with van der Waals surface area (Å²) in [6.45, 7) is 0. The van der Waals surface area contributed by atoms with Crippen LogP contribution in [0.4, 0.5) is 8.78 Å². The van der Waals surface area contributed by atoms with Crippen LogP contribution in [0.5, 0.6) is 0 Å².